The summed E-state index contributed by atoms with van der Waals surface area (Å²) in [6, 6.07) is 13.8. The number of rotatable bonds is 4. The fourth-order valence-electron chi connectivity index (χ4n) is 4.64. The van der Waals surface area contributed by atoms with Gasteiger partial charge in [-0.25, -0.2) is 0 Å². The first-order valence-electron chi connectivity index (χ1n) is 8.57. The van der Waals surface area contributed by atoms with Crippen LogP contribution >= 0.6 is 0 Å². The summed E-state index contributed by atoms with van der Waals surface area (Å²) >= 11 is 0. The monoisotopic (exact) mass is 350 g/mol. The number of carboxylic acids is 1. The summed E-state index contributed by atoms with van der Waals surface area (Å²) < 4.78 is 5.34. The van der Waals surface area contributed by atoms with Gasteiger partial charge in [-0.3, -0.25) is 14.4 Å². The summed E-state index contributed by atoms with van der Waals surface area (Å²) in [5, 5.41) is 9.99. The highest BCUT2D eigenvalue weighted by Gasteiger charge is 2.89. The van der Waals surface area contributed by atoms with Crippen LogP contribution in [0.5, 0.6) is 5.75 Å². The molecular formula is C21H18O5. The van der Waals surface area contributed by atoms with E-state index in [1.807, 2.05) is 19.1 Å². The molecule has 0 unspecified atom stereocenters. The quantitative estimate of drug-likeness (QED) is 0.396. The van der Waals surface area contributed by atoms with E-state index in [4.69, 9.17) is 4.74 Å². The maximum absolute atomic E-state index is 13.4. The average molecular weight is 350 g/mol. The molecule has 2 aliphatic rings. The fraction of sp³-hybridized carbons (Fsp3) is 0.286. The zero-order valence-electron chi connectivity index (χ0n) is 14.5. The Morgan fingerprint density at radius 2 is 1.77 bits per heavy atom. The Balaban J connectivity index is 1.93. The predicted octanol–water partition coefficient (Wildman–Crippen LogP) is 3.36. The number of carboxylic acid groups (broad SMARTS) is 1. The first-order chi connectivity index (χ1) is 12.4. The second kappa shape index (κ2) is 5.27. The normalized spacial score (nSPS) is 28.5. The number of benzene rings is 2. The third-order valence-corrected chi connectivity index (χ3v) is 5.91. The number of carbonyl (C=O) groups is 3. The lowest BCUT2D eigenvalue weighted by molar-refractivity contribution is -0.158. The molecule has 0 amide bonds. The summed E-state index contributed by atoms with van der Waals surface area (Å²) in [4.78, 5) is 38.5. The van der Waals surface area contributed by atoms with Gasteiger partial charge in [0.25, 0.3) is 0 Å². The van der Waals surface area contributed by atoms with Crippen molar-refractivity contribution in [2.45, 2.75) is 26.2 Å². The Hall–Kier alpha value is -2.95. The van der Waals surface area contributed by atoms with Crippen molar-refractivity contribution < 1.29 is 24.2 Å². The van der Waals surface area contributed by atoms with Crippen molar-refractivity contribution in [1.29, 1.82) is 0 Å². The standard InChI is InChI=1S/C21H18O5/c1-3-20(17(22)13-10-8-12(2)9-11-13)16-14-6-4-5-7-15(14)26-19(25)21(16,20)18(23)24/h4-11,16H,3H2,1-2H3,(H,23,24)/t16-,20-,21+/m1/s1. The van der Waals surface area contributed by atoms with Crippen LogP contribution in [-0.4, -0.2) is 22.8 Å². The van der Waals surface area contributed by atoms with Gasteiger partial charge >= 0.3 is 11.9 Å². The number of aryl methyl sites for hydroxylation is 1. The number of hydrogen-bond donors (Lipinski definition) is 1. The number of para-hydroxylation sites is 1. The maximum Gasteiger partial charge on any atom is 0.330 e. The SMILES string of the molecule is CC[C@]1(C(=O)c2ccc(C)cc2)[C@H]2c3ccccc3OC(=O)[C@@]21C(=O)O. The molecule has 1 saturated carbocycles. The molecule has 0 saturated heterocycles. The lowest BCUT2D eigenvalue weighted by Gasteiger charge is -2.20. The van der Waals surface area contributed by atoms with Gasteiger partial charge in [0.2, 0.25) is 0 Å². The van der Waals surface area contributed by atoms with Crippen LogP contribution < -0.4 is 4.74 Å². The van der Waals surface area contributed by atoms with Gasteiger partial charge in [0.15, 0.2) is 11.2 Å². The molecule has 2 aromatic carbocycles. The van der Waals surface area contributed by atoms with Crippen molar-refractivity contribution in [3.63, 3.8) is 0 Å². The molecule has 4 rings (SSSR count). The molecule has 26 heavy (non-hydrogen) atoms. The molecule has 1 aliphatic carbocycles. The second-order valence-electron chi connectivity index (χ2n) is 6.99. The molecule has 1 aliphatic heterocycles. The topological polar surface area (TPSA) is 80.7 Å². The fourth-order valence-corrected chi connectivity index (χ4v) is 4.64. The minimum absolute atomic E-state index is 0.236. The Bertz CT molecular complexity index is 945. The summed E-state index contributed by atoms with van der Waals surface area (Å²) in [6.45, 7) is 3.66. The number of hydrogen-bond acceptors (Lipinski definition) is 4. The minimum Gasteiger partial charge on any atom is -0.480 e. The molecule has 5 heteroatoms. The summed E-state index contributed by atoms with van der Waals surface area (Å²) in [5.74, 6) is -2.85. The highest BCUT2D eigenvalue weighted by Crippen LogP contribution is 2.79. The van der Waals surface area contributed by atoms with E-state index < -0.39 is 28.7 Å². The van der Waals surface area contributed by atoms with E-state index in [0.29, 0.717) is 16.9 Å². The first-order valence-corrected chi connectivity index (χ1v) is 8.57. The zero-order chi connectivity index (χ0) is 18.7. The number of ketones is 1. The number of esters is 1. The number of fused-ring (bicyclic) bond motifs is 3. The number of ether oxygens (including phenoxy) is 1. The minimum atomic E-state index is -1.86. The van der Waals surface area contributed by atoms with Crippen LogP contribution in [-0.2, 0) is 9.59 Å². The maximum atomic E-state index is 13.4. The van der Waals surface area contributed by atoms with Gasteiger partial charge in [0.1, 0.15) is 5.75 Å². The number of aliphatic carboxylic acids is 1. The Morgan fingerprint density at radius 3 is 2.38 bits per heavy atom. The summed E-state index contributed by atoms with van der Waals surface area (Å²) in [5.41, 5.74) is -1.18. The van der Waals surface area contributed by atoms with Crippen LogP contribution in [0.4, 0.5) is 0 Å². The molecule has 0 radical (unpaired) electrons. The number of carbonyl (C=O) groups excluding carboxylic acids is 2. The van der Waals surface area contributed by atoms with E-state index in [1.54, 1.807) is 43.3 Å². The zero-order valence-corrected chi connectivity index (χ0v) is 14.5. The van der Waals surface area contributed by atoms with E-state index in [-0.39, 0.29) is 12.2 Å². The molecule has 0 bridgehead atoms. The van der Waals surface area contributed by atoms with Crippen molar-refractivity contribution in [3.05, 3.63) is 65.2 Å². The van der Waals surface area contributed by atoms with E-state index in [1.165, 1.54) is 0 Å². The molecule has 5 nitrogen and oxygen atoms in total. The van der Waals surface area contributed by atoms with Crippen LogP contribution in [0.15, 0.2) is 48.5 Å². The van der Waals surface area contributed by atoms with Gasteiger partial charge in [-0.1, -0.05) is 55.0 Å². The van der Waals surface area contributed by atoms with Crippen molar-refractivity contribution in [2.24, 2.45) is 10.8 Å². The lowest BCUT2D eigenvalue weighted by atomic mass is 9.83. The first kappa shape index (κ1) is 16.5. The molecule has 3 atom stereocenters. The molecule has 1 heterocycles. The predicted molar refractivity (Wildman–Crippen MR) is 93.1 cm³/mol. The van der Waals surface area contributed by atoms with Crippen molar-refractivity contribution >= 4 is 17.7 Å². The van der Waals surface area contributed by atoms with Gasteiger partial charge in [0, 0.05) is 17.0 Å². The van der Waals surface area contributed by atoms with Crippen molar-refractivity contribution in [1.82, 2.24) is 0 Å². The molecule has 132 valence electrons. The van der Waals surface area contributed by atoms with Crippen LogP contribution in [0.1, 0.15) is 40.7 Å². The van der Waals surface area contributed by atoms with Crippen LogP contribution in [0.3, 0.4) is 0 Å². The highest BCUT2D eigenvalue weighted by molar-refractivity contribution is 6.19. The smallest absolute Gasteiger partial charge is 0.330 e. The third kappa shape index (κ3) is 1.72. The third-order valence-electron chi connectivity index (χ3n) is 5.91. The number of Topliss-reactive ketones (excluding diaryl/α,β-unsaturated/α-hetero) is 1. The largest absolute Gasteiger partial charge is 0.480 e. The average Bonchev–Trinajstić information content (AvgIpc) is 3.29. The summed E-state index contributed by atoms with van der Waals surface area (Å²) in [7, 11) is 0. The molecular weight excluding hydrogens is 332 g/mol. The van der Waals surface area contributed by atoms with Crippen molar-refractivity contribution in [3.8, 4) is 5.75 Å². The van der Waals surface area contributed by atoms with E-state index >= 15 is 0 Å². The van der Waals surface area contributed by atoms with E-state index in [9.17, 15) is 19.5 Å². The van der Waals surface area contributed by atoms with Gasteiger partial charge in [0.05, 0.1) is 5.41 Å². The van der Waals surface area contributed by atoms with Gasteiger partial charge in [-0.15, -0.1) is 0 Å². The Labute approximate surface area is 150 Å². The van der Waals surface area contributed by atoms with E-state index in [0.717, 1.165) is 5.56 Å². The van der Waals surface area contributed by atoms with Crippen molar-refractivity contribution in [2.75, 3.05) is 0 Å². The van der Waals surface area contributed by atoms with Gasteiger partial charge in [-0.05, 0) is 19.4 Å². The van der Waals surface area contributed by atoms with Crippen LogP contribution in [0, 0.1) is 17.8 Å². The lowest BCUT2D eigenvalue weighted by Crippen LogP contribution is -2.39. The molecule has 2 aromatic rings. The Morgan fingerprint density at radius 1 is 1.12 bits per heavy atom. The van der Waals surface area contributed by atoms with Gasteiger partial charge < -0.3 is 9.84 Å². The summed E-state index contributed by atoms with van der Waals surface area (Å²) in [6.07, 6.45) is 0.236. The Kier molecular flexibility index (Phi) is 3.35. The molecule has 1 fully saturated rings. The molecule has 0 aromatic heterocycles. The molecule has 0 spiro atoms. The molecule has 1 N–H and O–H groups in total. The van der Waals surface area contributed by atoms with Gasteiger partial charge in [-0.2, -0.15) is 0 Å². The van der Waals surface area contributed by atoms with E-state index in [2.05, 4.69) is 0 Å². The highest BCUT2D eigenvalue weighted by atomic mass is 16.5. The van der Waals surface area contributed by atoms with Crippen LogP contribution in [0.2, 0.25) is 0 Å². The van der Waals surface area contributed by atoms with Crippen LogP contribution in [0.25, 0.3) is 0 Å². The second-order valence-corrected chi connectivity index (χ2v) is 6.99.